The molecule has 2 aromatic carbocycles. The molecule has 1 fully saturated rings. The first-order valence-corrected chi connectivity index (χ1v) is 10.7. The van der Waals surface area contributed by atoms with Crippen LogP contribution in [0.15, 0.2) is 48.5 Å². The molecule has 1 aliphatic rings. The zero-order valence-electron chi connectivity index (χ0n) is 18.8. The number of methoxy groups -OCH3 is 2. The number of hydrogen-bond donors (Lipinski definition) is 1. The maximum absolute atomic E-state index is 13.1. The molecular formula is C25H32N2O4. The maximum Gasteiger partial charge on any atom is 0.227 e. The number of amides is 2. The predicted molar refractivity (Wildman–Crippen MR) is 120 cm³/mol. The monoisotopic (exact) mass is 424 g/mol. The Kier molecular flexibility index (Phi) is 7.55. The summed E-state index contributed by atoms with van der Waals surface area (Å²) in [6.07, 6.45) is 0.327. The number of carbonyl (C=O) groups excluding carboxylic acids is 2. The summed E-state index contributed by atoms with van der Waals surface area (Å²) in [5.41, 5.74) is 1.89. The number of likely N-dealkylation sites (tertiary alicyclic amines) is 1. The van der Waals surface area contributed by atoms with Gasteiger partial charge in [-0.25, -0.2) is 0 Å². The molecule has 1 N–H and O–H groups in total. The zero-order valence-corrected chi connectivity index (χ0v) is 18.8. The van der Waals surface area contributed by atoms with E-state index in [0.717, 1.165) is 11.1 Å². The van der Waals surface area contributed by atoms with Crippen molar-refractivity contribution in [3.05, 3.63) is 59.7 Å². The Labute approximate surface area is 184 Å². The minimum atomic E-state index is -0.333. The quantitative estimate of drug-likeness (QED) is 0.706. The molecule has 1 heterocycles. The van der Waals surface area contributed by atoms with Gasteiger partial charge in [0.1, 0.15) is 11.5 Å². The molecule has 0 unspecified atom stereocenters. The molecular weight excluding hydrogens is 392 g/mol. The van der Waals surface area contributed by atoms with Crippen molar-refractivity contribution in [3.63, 3.8) is 0 Å². The maximum atomic E-state index is 13.1. The van der Waals surface area contributed by atoms with E-state index in [1.807, 2.05) is 48.5 Å². The standard InChI is InChI=1S/C25H32N2O4/c1-17(2)14-26-25(29)22-16-27(24(28)12-18-8-6-5-7-9-18)15-21(22)20-11-10-19(30-3)13-23(20)31-4/h5-11,13,17,21-22H,12,14-16H2,1-4H3,(H,26,29)/t21-,22-/m1/s1. The van der Waals surface area contributed by atoms with Crippen LogP contribution < -0.4 is 14.8 Å². The van der Waals surface area contributed by atoms with Gasteiger partial charge in [-0.1, -0.05) is 50.2 Å². The van der Waals surface area contributed by atoms with Crippen molar-refractivity contribution >= 4 is 11.8 Å². The van der Waals surface area contributed by atoms with E-state index in [4.69, 9.17) is 9.47 Å². The lowest BCUT2D eigenvalue weighted by Gasteiger charge is -2.21. The van der Waals surface area contributed by atoms with Crippen molar-refractivity contribution in [1.29, 1.82) is 0 Å². The Hall–Kier alpha value is -3.02. The molecule has 0 radical (unpaired) electrons. The van der Waals surface area contributed by atoms with Gasteiger partial charge in [-0.05, 0) is 17.5 Å². The van der Waals surface area contributed by atoms with Crippen LogP contribution in [0.25, 0.3) is 0 Å². The van der Waals surface area contributed by atoms with Gasteiger partial charge in [0, 0.05) is 37.2 Å². The van der Waals surface area contributed by atoms with Gasteiger partial charge in [-0.15, -0.1) is 0 Å². The van der Waals surface area contributed by atoms with E-state index in [0.29, 0.717) is 43.5 Å². The number of ether oxygens (including phenoxy) is 2. The SMILES string of the molecule is COc1ccc([C@H]2CN(C(=O)Cc3ccccc3)C[C@H]2C(=O)NCC(C)C)c(OC)c1. The highest BCUT2D eigenvalue weighted by Crippen LogP contribution is 2.39. The first kappa shape index (κ1) is 22.7. The minimum Gasteiger partial charge on any atom is -0.497 e. The Morgan fingerprint density at radius 3 is 2.45 bits per heavy atom. The summed E-state index contributed by atoms with van der Waals surface area (Å²) < 4.78 is 10.9. The summed E-state index contributed by atoms with van der Waals surface area (Å²) in [5.74, 6) is 1.25. The molecule has 3 rings (SSSR count). The number of benzene rings is 2. The van der Waals surface area contributed by atoms with Crippen LogP contribution in [-0.2, 0) is 16.0 Å². The van der Waals surface area contributed by atoms with Crippen molar-refractivity contribution in [2.45, 2.75) is 26.2 Å². The normalized spacial score (nSPS) is 18.2. The molecule has 0 aromatic heterocycles. The van der Waals surface area contributed by atoms with Crippen LogP contribution in [0, 0.1) is 11.8 Å². The van der Waals surface area contributed by atoms with Crippen molar-refractivity contribution in [1.82, 2.24) is 10.2 Å². The van der Waals surface area contributed by atoms with Crippen LogP contribution in [0.1, 0.15) is 30.9 Å². The molecule has 6 nitrogen and oxygen atoms in total. The fourth-order valence-corrected chi connectivity index (χ4v) is 4.03. The molecule has 2 atom stereocenters. The second-order valence-electron chi connectivity index (χ2n) is 8.42. The predicted octanol–water partition coefficient (Wildman–Crippen LogP) is 3.26. The number of rotatable bonds is 8. The first-order valence-electron chi connectivity index (χ1n) is 10.7. The highest BCUT2D eigenvalue weighted by Gasteiger charge is 2.41. The van der Waals surface area contributed by atoms with Gasteiger partial charge in [0.15, 0.2) is 0 Å². The van der Waals surface area contributed by atoms with Gasteiger partial charge in [0.25, 0.3) is 0 Å². The topological polar surface area (TPSA) is 67.9 Å². The summed E-state index contributed by atoms with van der Waals surface area (Å²) in [4.78, 5) is 27.9. The fraction of sp³-hybridized carbons (Fsp3) is 0.440. The number of hydrogen-bond acceptors (Lipinski definition) is 4. The van der Waals surface area contributed by atoms with Gasteiger partial charge in [0.05, 0.1) is 26.6 Å². The number of nitrogens with zero attached hydrogens (tertiary/aromatic N) is 1. The summed E-state index contributed by atoms with van der Waals surface area (Å²) >= 11 is 0. The molecule has 2 amide bonds. The van der Waals surface area contributed by atoms with Gasteiger partial charge in [0.2, 0.25) is 11.8 Å². The number of carbonyl (C=O) groups is 2. The minimum absolute atomic E-state index is 0.0217. The van der Waals surface area contributed by atoms with Gasteiger partial charge < -0.3 is 19.7 Å². The lowest BCUT2D eigenvalue weighted by Crippen LogP contribution is -2.37. The molecule has 6 heteroatoms. The lowest BCUT2D eigenvalue weighted by atomic mass is 9.87. The molecule has 2 aromatic rings. The summed E-state index contributed by atoms with van der Waals surface area (Å²) in [7, 11) is 3.22. The third-order valence-electron chi connectivity index (χ3n) is 5.73. The van der Waals surface area contributed by atoms with Crippen LogP contribution in [0.5, 0.6) is 11.5 Å². The van der Waals surface area contributed by atoms with Gasteiger partial charge in [-0.2, -0.15) is 0 Å². The van der Waals surface area contributed by atoms with E-state index in [9.17, 15) is 9.59 Å². The molecule has 31 heavy (non-hydrogen) atoms. The molecule has 166 valence electrons. The van der Waals surface area contributed by atoms with Crippen molar-refractivity contribution in [2.75, 3.05) is 33.9 Å². The summed E-state index contributed by atoms with van der Waals surface area (Å²) in [5, 5.41) is 3.05. The van der Waals surface area contributed by atoms with E-state index in [1.54, 1.807) is 19.1 Å². The number of nitrogens with one attached hydrogen (secondary N) is 1. The smallest absolute Gasteiger partial charge is 0.227 e. The van der Waals surface area contributed by atoms with Crippen LogP contribution >= 0.6 is 0 Å². The Bertz CT molecular complexity index is 898. The van der Waals surface area contributed by atoms with E-state index >= 15 is 0 Å². The van der Waals surface area contributed by atoms with Crippen molar-refractivity contribution < 1.29 is 19.1 Å². The molecule has 1 aliphatic heterocycles. The third kappa shape index (κ3) is 5.57. The average Bonchev–Trinajstić information content (AvgIpc) is 3.23. The first-order chi connectivity index (χ1) is 14.9. The second-order valence-corrected chi connectivity index (χ2v) is 8.42. The van der Waals surface area contributed by atoms with Crippen LogP contribution in [0.2, 0.25) is 0 Å². The van der Waals surface area contributed by atoms with Gasteiger partial charge in [-0.3, -0.25) is 9.59 Å². The van der Waals surface area contributed by atoms with Crippen LogP contribution in [-0.4, -0.2) is 50.6 Å². The summed E-state index contributed by atoms with van der Waals surface area (Å²) in [6, 6.07) is 15.3. The highest BCUT2D eigenvalue weighted by molar-refractivity contribution is 5.84. The molecule has 1 saturated heterocycles. The lowest BCUT2D eigenvalue weighted by molar-refractivity contribution is -0.130. The average molecular weight is 425 g/mol. The molecule has 0 aliphatic carbocycles. The molecule has 0 spiro atoms. The largest absolute Gasteiger partial charge is 0.497 e. The van der Waals surface area contributed by atoms with E-state index < -0.39 is 0 Å². The Balaban J connectivity index is 1.85. The Morgan fingerprint density at radius 2 is 1.81 bits per heavy atom. The van der Waals surface area contributed by atoms with Crippen molar-refractivity contribution in [3.8, 4) is 11.5 Å². The second kappa shape index (κ2) is 10.3. The van der Waals surface area contributed by atoms with Crippen LogP contribution in [0.3, 0.4) is 0 Å². The molecule has 0 saturated carbocycles. The van der Waals surface area contributed by atoms with Crippen LogP contribution in [0.4, 0.5) is 0 Å². The van der Waals surface area contributed by atoms with Crippen molar-refractivity contribution in [2.24, 2.45) is 11.8 Å². The highest BCUT2D eigenvalue weighted by atomic mass is 16.5. The van der Waals surface area contributed by atoms with E-state index in [1.165, 1.54) is 0 Å². The zero-order chi connectivity index (χ0) is 22.4. The fourth-order valence-electron chi connectivity index (χ4n) is 4.03. The summed E-state index contributed by atoms with van der Waals surface area (Å²) in [6.45, 7) is 5.62. The molecule has 0 bridgehead atoms. The van der Waals surface area contributed by atoms with E-state index in [-0.39, 0.29) is 23.7 Å². The van der Waals surface area contributed by atoms with Gasteiger partial charge >= 0.3 is 0 Å². The Morgan fingerprint density at radius 1 is 1.06 bits per heavy atom. The van der Waals surface area contributed by atoms with E-state index in [2.05, 4.69) is 19.2 Å². The third-order valence-corrected chi connectivity index (χ3v) is 5.73.